The van der Waals surface area contributed by atoms with Gasteiger partial charge in [0.25, 0.3) is 17.0 Å². The lowest BCUT2D eigenvalue weighted by molar-refractivity contribution is 0.0304. The Labute approximate surface area is 463 Å². The third kappa shape index (κ3) is 13.3. The van der Waals surface area contributed by atoms with Crippen molar-refractivity contribution >= 4 is 81.0 Å². The molecular formula is C54H65Cl2F2N11O10. The summed E-state index contributed by atoms with van der Waals surface area (Å²) in [5.74, 6) is -1.79. The summed E-state index contributed by atoms with van der Waals surface area (Å²) in [4.78, 5) is 92.9. The Bertz CT molecular complexity index is 3430. The second-order valence-corrected chi connectivity index (χ2v) is 22.6. The van der Waals surface area contributed by atoms with Crippen molar-refractivity contribution in [3.8, 4) is 0 Å². The second kappa shape index (κ2) is 23.6. The number of aromatic nitrogens is 6. The quantitative estimate of drug-likeness (QED) is 0.122. The van der Waals surface area contributed by atoms with Crippen LogP contribution in [-0.2, 0) is 41.4 Å². The van der Waals surface area contributed by atoms with E-state index in [2.05, 4.69) is 20.6 Å². The van der Waals surface area contributed by atoms with Gasteiger partial charge in [0.1, 0.15) is 67.7 Å². The smallest absolute Gasteiger partial charge is 0.407 e. The molecule has 4 aromatic heterocycles. The number of aromatic carboxylic acids is 1. The number of nitrogens with one attached hydrogen (secondary N) is 2. The van der Waals surface area contributed by atoms with Gasteiger partial charge in [0, 0.05) is 75.5 Å². The third-order valence-corrected chi connectivity index (χ3v) is 14.2. The van der Waals surface area contributed by atoms with E-state index in [9.17, 15) is 42.7 Å². The number of piperidine rings is 2. The molecule has 25 heteroatoms. The van der Waals surface area contributed by atoms with Gasteiger partial charge in [-0.15, -0.1) is 0 Å². The molecule has 3 amide bonds. The average Bonchev–Trinajstić information content (AvgIpc) is 4.08. The number of hydrogen-bond donors (Lipinski definition) is 3. The monoisotopic (exact) mass is 1140 g/mol. The minimum Gasteiger partial charge on any atom is -0.477 e. The molecule has 79 heavy (non-hydrogen) atoms. The minimum atomic E-state index is -1.26. The van der Waals surface area contributed by atoms with Crippen LogP contribution in [0.1, 0.15) is 99.1 Å². The molecule has 9 rings (SSSR count). The molecule has 21 nitrogen and oxygen atoms in total. The molecule has 0 saturated carbocycles. The van der Waals surface area contributed by atoms with Crippen molar-refractivity contribution < 1.29 is 47.3 Å². The van der Waals surface area contributed by atoms with Gasteiger partial charge in [-0.1, -0.05) is 23.2 Å². The molecule has 0 radical (unpaired) electrons. The number of amides is 3. The van der Waals surface area contributed by atoms with Crippen molar-refractivity contribution in [3.05, 3.63) is 114 Å². The number of ether oxygens (including phenoxy) is 3. The molecule has 6 aromatic rings. The van der Waals surface area contributed by atoms with Gasteiger partial charge in [0.05, 0.1) is 39.0 Å². The summed E-state index contributed by atoms with van der Waals surface area (Å²) in [7, 11) is 3.11. The Balaban J connectivity index is 0.000000210. The molecule has 0 spiro atoms. The van der Waals surface area contributed by atoms with Gasteiger partial charge in [-0.25, -0.2) is 33.1 Å². The van der Waals surface area contributed by atoms with Crippen molar-refractivity contribution in [2.24, 2.45) is 14.1 Å². The Morgan fingerprint density at radius 1 is 0.684 bits per heavy atom. The topological polar surface area (TPSA) is 230 Å². The van der Waals surface area contributed by atoms with Crippen LogP contribution in [0.4, 0.5) is 30.0 Å². The zero-order valence-electron chi connectivity index (χ0n) is 45.3. The highest BCUT2D eigenvalue weighted by Crippen LogP contribution is 2.37. The lowest BCUT2D eigenvalue weighted by Gasteiger charge is -2.36. The van der Waals surface area contributed by atoms with E-state index in [0.717, 1.165) is 0 Å². The molecule has 3 N–H and O–H groups in total. The third-order valence-electron chi connectivity index (χ3n) is 13.5. The number of morpholine rings is 1. The summed E-state index contributed by atoms with van der Waals surface area (Å²) >= 11 is 12.8. The number of nitrogens with zero attached hydrogens (tertiary/aromatic N) is 9. The number of anilines is 2. The zero-order valence-corrected chi connectivity index (χ0v) is 46.8. The van der Waals surface area contributed by atoms with Crippen LogP contribution in [0, 0.1) is 11.6 Å². The molecular weight excluding hydrogens is 1070 g/mol. The Kier molecular flexibility index (Phi) is 17.3. The summed E-state index contributed by atoms with van der Waals surface area (Å²) in [6.07, 6.45) is 4.29. The fourth-order valence-corrected chi connectivity index (χ4v) is 10.4. The highest BCUT2D eigenvalue weighted by atomic mass is 35.5. The molecule has 3 aliphatic rings. The van der Waals surface area contributed by atoms with E-state index in [1.807, 2.05) is 9.80 Å². The van der Waals surface area contributed by atoms with E-state index in [1.54, 1.807) is 58.1 Å². The van der Waals surface area contributed by atoms with Crippen LogP contribution in [0.3, 0.4) is 0 Å². The first-order valence-corrected chi connectivity index (χ1v) is 26.7. The number of fused-ring (bicyclic) bond motifs is 2. The molecule has 0 aliphatic carbocycles. The molecule has 7 heterocycles. The number of benzene rings is 2. The predicted molar refractivity (Wildman–Crippen MR) is 294 cm³/mol. The lowest BCUT2D eigenvalue weighted by atomic mass is 10.0. The summed E-state index contributed by atoms with van der Waals surface area (Å²) in [6.45, 7) is 13.9. The summed E-state index contributed by atoms with van der Waals surface area (Å²) in [6, 6.07) is 7.34. The standard InChI is InChI=1S/C29H36ClFN6O5.C25H29ClFN5O5/c1-29(2,3)42-28(40)33-20-6-5-9-36(16-20)25-22(26(38)35-10-12-41-13-11-35)23-24(27(39)34(4)17-32-23)37(25)15-18-14-19(31)7-8-21(18)30;1-25(2,3)37-24(36)29-16-6-5-9-31(12-16)21-18(23(34)35)19-20(22(33)30(4)13-28-19)32(21)11-14-10-15(27)7-8-17(14)26/h7-8,14,17,20H,5-6,9-13,15-16H2,1-4H3,(H,33,40);7-8,10,13,16H,5-6,9,11-12H2,1-4H3,(H,29,36)(H,34,35)/t20-;16-/m11/s1. The fourth-order valence-electron chi connectivity index (χ4n) is 10.1. The van der Waals surface area contributed by atoms with Crippen LogP contribution in [0.15, 0.2) is 58.6 Å². The number of halogens is 4. The minimum absolute atomic E-state index is 0.0281. The van der Waals surface area contributed by atoms with Gasteiger partial charge in [-0.05, 0) is 115 Å². The first kappa shape index (κ1) is 57.9. The van der Waals surface area contributed by atoms with Crippen molar-refractivity contribution in [1.82, 2.24) is 43.8 Å². The van der Waals surface area contributed by atoms with Crippen LogP contribution in [0.2, 0.25) is 10.0 Å². The molecule has 0 bridgehead atoms. The van der Waals surface area contributed by atoms with E-state index in [1.165, 1.54) is 69.8 Å². The van der Waals surface area contributed by atoms with Gasteiger partial charge in [0.2, 0.25) is 0 Å². The predicted octanol–water partition coefficient (Wildman–Crippen LogP) is 7.31. The number of alkyl carbamates (subject to hydrolysis) is 2. The summed E-state index contributed by atoms with van der Waals surface area (Å²) in [5, 5.41) is 16.6. The van der Waals surface area contributed by atoms with Crippen molar-refractivity contribution in [2.75, 3.05) is 62.3 Å². The number of carbonyl (C=O) groups is 4. The summed E-state index contributed by atoms with van der Waals surface area (Å²) < 4.78 is 50.6. The number of aryl methyl sites for hydroxylation is 2. The molecule has 3 saturated heterocycles. The van der Waals surface area contributed by atoms with Gasteiger partial charge in [0.15, 0.2) is 0 Å². The van der Waals surface area contributed by atoms with Crippen molar-refractivity contribution in [3.63, 3.8) is 0 Å². The van der Waals surface area contributed by atoms with Gasteiger partial charge < -0.3 is 62.9 Å². The van der Waals surface area contributed by atoms with E-state index < -0.39 is 46.6 Å². The van der Waals surface area contributed by atoms with E-state index in [4.69, 9.17) is 37.4 Å². The highest BCUT2D eigenvalue weighted by molar-refractivity contribution is 6.31. The van der Waals surface area contributed by atoms with Crippen LogP contribution >= 0.6 is 23.2 Å². The maximum Gasteiger partial charge on any atom is 0.407 e. The molecule has 3 fully saturated rings. The first-order valence-electron chi connectivity index (χ1n) is 25.9. The molecule has 0 unspecified atom stereocenters. The van der Waals surface area contributed by atoms with E-state index in [-0.39, 0.29) is 87.2 Å². The zero-order chi connectivity index (χ0) is 57.2. The normalized spacial score (nSPS) is 17.1. The number of carbonyl (C=O) groups excluding carboxylic acids is 3. The summed E-state index contributed by atoms with van der Waals surface area (Å²) in [5.41, 5.74) is -0.575. The number of carboxylic acid groups (broad SMARTS) is 1. The second-order valence-electron chi connectivity index (χ2n) is 21.8. The lowest BCUT2D eigenvalue weighted by Crippen LogP contribution is -2.50. The first-order chi connectivity index (χ1) is 37.3. The largest absolute Gasteiger partial charge is 0.477 e. The average molecular weight is 1140 g/mol. The van der Waals surface area contributed by atoms with Gasteiger partial charge in [-0.3, -0.25) is 14.4 Å². The molecule has 3 aliphatic heterocycles. The SMILES string of the molecule is Cn1cnc2c(C(=O)N3CCOCC3)c(N3CCC[C@@H](NC(=O)OC(C)(C)C)C3)n(Cc3cc(F)ccc3Cl)c2c1=O.Cn1cnc2c(C(=O)O)c(N3CCC[C@@H](NC(=O)OC(C)(C)C)C3)n(Cc3cc(F)ccc3Cl)c2c1=O. The number of rotatable bonds is 10. The van der Waals surface area contributed by atoms with E-state index >= 15 is 0 Å². The fraction of sp³-hybridized carbons (Fsp3) is 0.481. The van der Waals surface area contributed by atoms with Gasteiger partial charge in [-0.2, -0.15) is 0 Å². The highest BCUT2D eigenvalue weighted by Gasteiger charge is 2.37. The Hall–Kier alpha value is -7.24. The number of hydrogen-bond acceptors (Lipinski definition) is 13. The van der Waals surface area contributed by atoms with Crippen LogP contribution in [0.25, 0.3) is 22.1 Å². The maximum atomic E-state index is 14.3. The molecule has 2 aromatic carbocycles. The Morgan fingerprint density at radius 3 is 1.52 bits per heavy atom. The van der Waals surface area contributed by atoms with Gasteiger partial charge >= 0.3 is 18.2 Å². The van der Waals surface area contributed by atoms with Crippen LogP contribution in [0.5, 0.6) is 0 Å². The number of carboxylic acids is 1. The van der Waals surface area contributed by atoms with Crippen LogP contribution in [-0.4, -0.2) is 138 Å². The maximum absolute atomic E-state index is 14.3. The van der Waals surface area contributed by atoms with Crippen molar-refractivity contribution in [2.45, 2.75) is 104 Å². The van der Waals surface area contributed by atoms with Crippen LogP contribution < -0.4 is 31.6 Å². The van der Waals surface area contributed by atoms with E-state index in [0.29, 0.717) is 93.6 Å². The molecule has 424 valence electrons. The van der Waals surface area contributed by atoms with Crippen molar-refractivity contribution in [1.29, 1.82) is 0 Å². The molecule has 2 atom stereocenters. The Morgan fingerprint density at radius 2 is 1.10 bits per heavy atom.